The number of anilines is 1. The second kappa shape index (κ2) is 8.16. The van der Waals surface area contributed by atoms with E-state index in [-0.39, 0.29) is 11.4 Å². The maximum absolute atomic E-state index is 13.6. The van der Waals surface area contributed by atoms with Crippen molar-refractivity contribution in [2.45, 2.75) is 0 Å². The minimum Gasteiger partial charge on any atom is -0.386 e. The molecular weight excluding hydrogens is 385 g/mol. The number of amides is 1. The highest BCUT2D eigenvalue weighted by Gasteiger charge is 2.08. The topological polar surface area (TPSA) is 93.8 Å². The Kier molecular flexibility index (Phi) is 5.96. The third kappa shape index (κ3) is 5.13. The highest BCUT2D eigenvalue weighted by molar-refractivity contribution is 9.10. The predicted octanol–water partition coefficient (Wildman–Crippen LogP) is 3.49. The van der Waals surface area contributed by atoms with E-state index in [1.807, 2.05) is 0 Å². The van der Waals surface area contributed by atoms with Gasteiger partial charge in [0.05, 0.1) is 16.8 Å². The van der Waals surface area contributed by atoms with Crippen molar-refractivity contribution in [3.63, 3.8) is 0 Å². The summed E-state index contributed by atoms with van der Waals surface area (Å²) in [5.74, 6) is -1.18. The number of benzene rings is 2. The predicted molar refractivity (Wildman–Crippen MR) is 89.4 cm³/mol. The molecule has 0 bridgehead atoms. The molecular formula is C15H11BrFN3O4. The molecule has 24 heavy (non-hydrogen) atoms. The van der Waals surface area contributed by atoms with Crippen molar-refractivity contribution in [3.05, 3.63) is 68.4 Å². The van der Waals surface area contributed by atoms with Crippen LogP contribution in [0.2, 0.25) is 0 Å². The number of halogens is 2. The Bertz CT molecular complexity index is 798. The molecule has 2 aromatic rings. The van der Waals surface area contributed by atoms with Crippen LogP contribution in [0, 0.1) is 15.9 Å². The average Bonchev–Trinajstić information content (AvgIpc) is 2.54. The van der Waals surface area contributed by atoms with Gasteiger partial charge in [-0.05, 0) is 18.2 Å². The summed E-state index contributed by atoms with van der Waals surface area (Å²) in [5.41, 5.74) is 0.389. The molecule has 0 aromatic heterocycles. The number of carbonyl (C=O) groups is 1. The molecule has 1 N–H and O–H groups in total. The van der Waals surface area contributed by atoms with Gasteiger partial charge in [-0.2, -0.15) is 0 Å². The first-order valence-electron chi connectivity index (χ1n) is 6.60. The van der Waals surface area contributed by atoms with Gasteiger partial charge >= 0.3 is 0 Å². The number of hydrogen-bond donors (Lipinski definition) is 1. The van der Waals surface area contributed by atoms with Crippen molar-refractivity contribution in [2.24, 2.45) is 5.16 Å². The quantitative estimate of drug-likeness (QED) is 0.460. The normalized spacial score (nSPS) is 10.6. The zero-order valence-electron chi connectivity index (χ0n) is 12.1. The molecule has 0 heterocycles. The van der Waals surface area contributed by atoms with E-state index in [4.69, 9.17) is 4.84 Å². The van der Waals surface area contributed by atoms with Crippen molar-refractivity contribution in [1.82, 2.24) is 0 Å². The van der Waals surface area contributed by atoms with Crippen molar-refractivity contribution >= 4 is 39.4 Å². The van der Waals surface area contributed by atoms with Crippen LogP contribution >= 0.6 is 15.9 Å². The molecule has 0 aliphatic heterocycles. The highest BCUT2D eigenvalue weighted by Crippen LogP contribution is 2.19. The molecule has 0 saturated carbocycles. The van der Waals surface area contributed by atoms with Crippen molar-refractivity contribution < 1.29 is 18.9 Å². The molecule has 2 aromatic carbocycles. The van der Waals surface area contributed by atoms with Crippen LogP contribution in [0.5, 0.6) is 0 Å². The molecule has 9 heteroatoms. The maximum Gasteiger partial charge on any atom is 0.270 e. The number of nitrogens with zero attached hydrogens (tertiary/aromatic N) is 2. The fourth-order valence-electron chi connectivity index (χ4n) is 1.69. The first kappa shape index (κ1) is 17.5. The van der Waals surface area contributed by atoms with E-state index in [2.05, 4.69) is 26.4 Å². The maximum atomic E-state index is 13.6. The van der Waals surface area contributed by atoms with Gasteiger partial charge in [-0.1, -0.05) is 33.2 Å². The fourth-order valence-corrected chi connectivity index (χ4v) is 2.02. The minimum absolute atomic E-state index is 0.0227. The molecule has 0 fully saturated rings. The number of rotatable bonds is 6. The summed E-state index contributed by atoms with van der Waals surface area (Å²) in [7, 11) is 0. The van der Waals surface area contributed by atoms with Crippen LogP contribution in [0.3, 0.4) is 0 Å². The molecule has 0 unspecified atom stereocenters. The lowest BCUT2D eigenvalue weighted by atomic mass is 10.2. The van der Waals surface area contributed by atoms with Crippen LogP contribution in [0.1, 0.15) is 5.56 Å². The highest BCUT2D eigenvalue weighted by atomic mass is 79.9. The molecule has 7 nitrogen and oxygen atoms in total. The third-order valence-electron chi connectivity index (χ3n) is 2.76. The van der Waals surface area contributed by atoms with E-state index < -0.39 is 23.3 Å². The Morgan fingerprint density at radius 2 is 2.17 bits per heavy atom. The largest absolute Gasteiger partial charge is 0.386 e. The lowest BCUT2D eigenvalue weighted by Gasteiger charge is -2.05. The summed E-state index contributed by atoms with van der Waals surface area (Å²) in [6.07, 6.45) is 1.24. The Morgan fingerprint density at radius 1 is 1.38 bits per heavy atom. The lowest BCUT2D eigenvalue weighted by Crippen LogP contribution is -2.17. The van der Waals surface area contributed by atoms with Crippen LogP contribution in [-0.2, 0) is 9.63 Å². The van der Waals surface area contributed by atoms with Gasteiger partial charge in [0, 0.05) is 22.2 Å². The summed E-state index contributed by atoms with van der Waals surface area (Å²) < 4.78 is 14.1. The summed E-state index contributed by atoms with van der Waals surface area (Å²) in [6.45, 7) is -0.430. The Morgan fingerprint density at radius 3 is 2.88 bits per heavy atom. The number of nitrogens with one attached hydrogen (secondary N) is 1. The zero-order chi connectivity index (χ0) is 17.5. The van der Waals surface area contributed by atoms with Gasteiger partial charge in [-0.15, -0.1) is 0 Å². The standard InChI is InChI=1S/C15H11BrFN3O4/c16-11-4-5-14(13(17)7-11)19-15(21)9-24-18-8-10-2-1-3-12(6-10)20(22)23/h1-8H,9H2,(H,19,21)/b18-8-. The monoisotopic (exact) mass is 395 g/mol. The van der Waals surface area contributed by atoms with E-state index in [1.54, 1.807) is 12.1 Å². The van der Waals surface area contributed by atoms with E-state index in [0.29, 0.717) is 10.0 Å². The number of carbonyl (C=O) groups excluding carboxylic acids is 1. The van der Waals surface area contributed by atoms with Gasteiger partial charge < -0.3 is 10.2 Å². The first-order valence-corrected chi connectivity index (χ1v) is 7.39. The van der Waals surface area contributed by atoms with E-state index in [9.17, 15) is 19.3 Å². The van der Waals surface area contributed by atoms with Crippen LogP contribution in [0.4, 0.5) is 15.8 Å². The Hall–Kier alpha value is -2.81. The zero-order valence-corrected chi connectivity index (χ0v) is 13.7. The summed E-state index contributed by atoms with van der Waals surface area (Å²) in [6, 6.07) is 9.96. The fraction of sp³-hybridized carbons (Fsp3) is 0.0667. The number of non-ortho nitro benzene ring substituents is 1. The van der Waals surface area contributed by atoms with Gasteiger partial charge in [0.2, 0.25) is 0 Å². The van der Waals surface area contributed by atoms with Crippen LogP contribution in [0.25, 0.3) is 0 Å². The molecule has 0 aliphatic rings. The molecule has 2 rings (SSSR count). The van der Waals surface area contributed by atoms with Gasteiger partial charge in [-0.3, -0.25) is 14.9 Å². The van der Waals surface area contributed by atoms with Gasteiger partial charge in [0.25, 0.3) is 11.6 Å². The summed E-state index contributed by atoms with van der Waals surface area (Å²) in [4.78, 5) is 26.5. The minimum atomic E-state index is -0.590. The molecule has 1 amide bonds. The van der Waals surface area contributed by atoms with Crippen LogP contribution in [0.15, 0.2) is 52.1 Å². The smallest absolute Gasteiger partial charge is 0.270 e. The van der Waals surface area contributed by atoms with Gasteiger partial charge in [0.15, 0.2) is 6.61 Å². The van der Waals surface area contributed by atoms with Crippen LogP contribution in [-0.4, -0.2) is 23.7 Å². The number of hydrogen-bond acceptors (Lipinski definition) is 5. The van der Waals surface area contributed by atoms with Crippen LogP contribution < -0.4 is 5.32 Å². The molecule has 124 valence electrons. The number of nitro groups is 1. The second-order valence-corrected chi connectivity index (χ2v) is 5.45. The van der Waals surface area contributed by atoms with E-state index in [0.717, 1.165) is 0 Å². The van der Waals surface area contributed by atoms with E-state index >= 15 is 0 Å². The number of nitro benzene ring substituents is 1. The lowest BCUT2D eigenvalue weighted by molar-refractivity contribution is -0.384. The van der Waals surface area contributed by atoms with Gasteiger partial charge in [-0.25, -0.2) is 4.39 Å². The molecule has 0 saturated heterocycles. The van der Waals surface area contributed by atoms with Gasteiger partial charge in [0.1, 0.15) is 5.82 Å². The Balaban J connectivity index is 1.86. The van der Waals surface area contributed by atoms with Crippen molar-refractivity contribution in [1.29, 1.82) is 0 Å². The Labute approximate surface area is 144 Å². The van der Waals surface area contributed by atoms with Crippen molar-refractivity contribution in [3.8, 4) is 0 Å². The molecule has 0 atom stereocenters. The number of oxime groups is 1. The molecule has 0 spiro atoms. The SMILES string of the molecule is O=C(CO/N=C\c1cccc([N+](=O)[O-])c1)Nc1ccc(Br)cc1F. The third-order valence-corrected chi connectivity index (χ3v) is 3.25. The first-order chi connectivity index (χ1) is 11.5. The summed E-state index contributed by atoms with van der Waals surface area (Å²) in [5, 5.41) is 16.5. The summed E-state index contributed by atoms with van der Waals surface area (Å²) >= 11 is 3.11. The molecule has 0 aliphatic carbocycles. The average molecular weight is 396 g/mol. The second-order valence-electron chi connectivity index (χ2n) is 4.53. The molecule has 0 radical (unpaired) electrons. The van der Waals surface area contributed by atoms with E-state index in [1.165, 1.54) is 36.5 Å². The van der Waals surface area contributed by atoms with Crippen molar-refractivity contribution in [2.75, 3.05) is 11.9 Å².